The molecule has 0 saturated carbocycles. The molecule has 0 heterocycles. The van der Waals surface area contributed by atoms with E-state index in [-0.39, 0.29) is 5.97 Å². The summed E-state index contributed by atoms with van der Waals surface area (Å²) in [6, 6.07) is 0. The number of carbonyl (C=O) groups is 1. The van der Waals surface area contributed by atoms with Gasteiger partial charge in [-0.3, -0.25) is 4.79 Å². The van der Waals surface area contributed by atoms with Crippen LogP contribution < -0.4 is 0 Å². The van der Waals surface area contributed by atoms with Gasteiger partial charge in [0.15, 0.2) is 0 Å². The van der Waals surface area contributed by atoms with E-state index in [9.17, 15) is 4.79 Å². The Morgan fingerprint density at radius 2 is 1.60 bits per heavy atom. The van der Waals surface area contributed by atoms with E-state index in [1.165, 1.54) is 6.92 Å². The van der Waals surface area contributed by atoms with Gasteiger partial charge in [-0.15, -0.1) is 13.2 Å². The largest absolute Gasteiger partial charge is 0.520 e. The van der Waals surface area contributed by atoms with E-state index < -0.39 is 8.32 Å². The van der Waals surface area contributed by atoms with Gasteiger partial charge in [-0.2, -0.15) is 0 Å². The van der Waals surface area contributed by atoms with Gasteiger partial charge >= 0.3 is 0 Å². The molecule has 10 heavy (non-hydrogen) atoms. The van der Waals surface area contributed by atoms with Crippen molar-refractivity contribution < 1.29 is 9.22 Å². The molecule has 0 N–H and O–H groups in total. The number of hydrogen-bond acceptors (Lipinski definition) is 2. The molecule has 0 aliphatic heterocycles. The topological polar surface area (TPSA) is 26.3 Å². The minimum atomic E-state index is -1.57. The van der Waals surface area contributed by atoms with Crippen LogP contribution in [0.4, 0.5) is 0 Å². The van der Waals surface area contributed by atoms with Gasteiger partial charge in [0.2, 0.25) is 8.32 Å². The minimum Gasteiger partial charge on any atom is -0.520 e. The molecule has 0 amide bonds. The van der Waals surface area contributed by atoms with Gasteiger partial charge in [-0.05, 0) is 19.6 Å². The summed E-state index contributed by atoms with van der Waals surface area (Å²) in [5.74, 6) is -0.163. The zero-order chi connectivity index (χ0) is 8.78. The molecule has 0 aliphatic rings. The first kappa shape index (κ1) is 12.1. The average Bonchev–Trinajstić information content (AvgIpc) is 1.64. The lowest BCUT2D eigenvalue weighted by atomic mass is 10.9. The summed E-state index contributed by atoms with van der Waals surface area (Å²) in [7, 11) is -1.57. The first-order chi connectivity index (χ1) is 4.42. The summed E-state index contributed by atoms with van der Waals surface area (Å²) in [6.45, 7) is 13.4. The van der Waals surface area contributed by atoms with Crippen LogP contribution >= 0.6 is 0 Å². The van der Waals surface area contributed by atoms with Crippen LogP contribution in [-0.4, -0.2) is 14.3 Å². The van der Waals surface area contributed by atoms with E-state index in [1.54, 1.807) is 0 Å². The zero-order valence-corrected chi connectivity index (χ0v) is 8.23. The van der Waals surface area contributed by atoms with Crippen LogP contribution in [0.1, 0.15) is 6.92 Å². The second kappa shape index (κ2) is 5.23. The van der Waals surface area contributed by atoms with E-state index >= 15 is 0 Å². The Bertz CT molecular complexity index is 105. The maximum Gasteiger partial charge on any atom is 0.289 e. The van der Waals surface area contributed by atoms with Crippen molar-refractivity contribution in [3.63, 3.8) is 0 Å². The molecule has 0 radical (unpaired) electrons. The molecule has 0 aromatic carbocycles. The van der Waals surface area contributed by atoms with Crippen molar-refractivity contribution in [3.8, 4) is 0 Å². The molecule has 0 aromatic heterocycles. The van der Waals surface area contributed by atoms with Crippen molar-refractivity contribution in [1.82, 2.24) is 0 Å². The van der Waals surface area contributed by atoms with E-state index in [1.807, 2.05) is 19.6 Å². The highest BCUT2D eigenvalue weighted by atomic mass is 28.4. The van der Waals surface area contributed by atoms with Gasteiger partial charge in [-0.1, -0.05) is 0 Å². The smallest absolute Gasteiger partial charge is 0.289 e. The number of rotatable bonds is 1. The Morgan fingerprint density at radius 3 is 1.60 bits per heavy atom. The molecule has 0 saturated heterocycles. The van der Waals surface area contributed by atoms with Crippen LogP contribution in [0, 0.1) is 0 Å². The molecule has 0 atom stereocenters. The first-order valence-corrected chi connectivity index (χ1v) is 6.52. The van der Waals surface area contributed by atoms with Gasteiger partial charge in [0, 0.05) is 6.92 Å². The SMILES string of the molecule is C=C.CC(=O)O[Si](C)(C)C. The molecule has 2 nitrogen and oxygen atoms in total. The molecule has 3 heteroatoms. The highest BCUT2D eigenvalue weighted by Gasteiger charge is 2.16. The molecule has 0 aromatic rings. The second-order valence-corrected chi connectivity index (χ2v) is 7.13. The van der Waals surface area contributed by atoms with Crippen molar-refractivity contribution in [3.05, 3.63) is 13.2 Å². The lowest BCUT2D eigenvalue weighted by Crippen LogP contribution is -2.27. The van der Waals surface area contributed by atoms with Crippen molar-refractivity contribution in [2.45, 2.75) is 26.6 Å². The zero-order valence-electron chi connectivity index (χ0n) is 7.23. The maximum atomic E-state index is 10.3. The molecule has 0 rings (SSSR count). The predicted molar refractivity (Wildman–Crippen MR) is 46.4 cm³/mol. The maximum absolute atomic E-state index is 10.3. The van der Waals surface area contributed by atoms with Gasteiger partial charge in [0.25, 0.3) is 5.97 Å². The second-order valence-electron chi connectivity index (χ2n) is 2.71. The van der Waals surface area contributed by atoms with Crippen LogP contribution in [0.5, 0.6) is 0 Å². The number of hydrogen-bond donors (Lipinski definition) is 0. The van der Waals surface area contributed by atoms with E-state index in [2.05, 4.69) is 13.2 Å². The molecule has 0 spiro atoms. The number of carbonyl (C=O) groups excluding carboxylic acids is 1. The standard InChI is InChI=1S/C5H12O2Si.C2H4/c1-5(6)7-8(2,3)4;1-2/h1-4H3;1-2H2. The molecule has 0 unspecified atom stereocenters. The Hall–Kier alpha value is -0.573. The molecule has 0 bridgehead atoms. The third-order valence-electron chi connectivity index (χ3n) is 0.450. The van der Waals surface area contributed by atoms with Gasteiger partial charge < -0.3 is 4.43 Å². The minimum absolute atomic E-state index is 0.163. The molecule has 0 aliphatic carbocycles. The van der Waals surface area contributed by atoms with Crippen molar-refractivity contribution in [1.29, 1.82) is 0 Å². The summed E-state index contributed by atoms with van der Waals surface area (Å²) < 4.78 is 4.94. The quantitative estimate of drug-likeness (QED) is 0.434. The molecular weight excluding hydrogens is 144 g/mol. The molecule has 0 fully saturated rings. The summed E-state index contributed by atoms with van der Waals surface area (Å²) in [4.78, 5) is 10.3. The molecular formula is C7H16O2Si. The lowest BCUT2D eigenvalue weighted by molar-refractivity contribution is -0.132. The summed E-state index contributed by atoms with van der Waals surface area (Å²) >= 11 is 0. The van der Waals surface area contributed by atoms with Gasteiger partial charge in [0.1, 0.15) is 0 Å². The van der Waals surface area contributed by atoms with Crippen LogP contribution in [0.3, 0.4) is 0 Å². The Kier molecular flexibility index (Phi) is 6.35. The van der Waals surface area contributed by atoms with Crippen molar-refractivity contribution in [2.24, 2.45) is 0 Å². The fraction of sp³-hybridized carbons (Fsp3) is 0.571. The third kappa shape index (κ3) is 15.7. The first-order valence-electron chi connectivity index (χ1n) is 3.11. The van der Waals surface area contributed by atoms with Gasteiger partial charge in [0.05, 0.1) is 0 Å². The van der Waals surface area contributed by atoms with Crippen LogP contribution in [0.25, 0.3) is 0 Å². The monoisotopic (exact) mass is 160 g/mol. The van der Waals surface area contributed by atoms with Crippen LogP contribution in [-0.2, 0) is 9.22 Å². The normalized spacial score (nSPS) is 9.20. The third-order valence-corrected chi connectivity index (χ3v) is 1.35. The van der Waals surface area contributed by atoms with Gasteiger partial charge in [-0.25, -0.2) is 0 Å². The summed E-state index contributed by atoms with van der Waals surface area (Å²) in [5.41, 5.74) is 0. The average molecular weight is 160 g/mol. The van der Waals surface area contributed by atoms with Crippen molar-refractivity contribution >= 4 is 14.3 Å². The highest BCUT2D eigenvalue weighted by molar-refractivity contribution is 6.71. The summed E-state index contributed by atoms with van der Waals surface area (Å²) in [5, 5.41) is 0. The Balaban J connectivity index is 0. The fourth-order valence-electron chi connectivity index (χ4n) is 0.431. The summed E-state index contributed by atoms with van der Waals surface area (Å²) in [6.07, 6.45) is 0. The fourth-order valence-corrected chi connectivity index (χ4v) is 1.29. The Labute approximate surface area is 64.0 Å². The predicted octanol–water partition coefficient (Wildman–Crippen LogP) is 2.19. The van der Waals surface area contributed by atoms with E-state index in [0.717, 1.165) is 0 Å². The van der Waals surface area contributed by atoms with E-state index in [0.29, 0.717) is 0 Å². The lowest BCUT2D eigenvalue weighted by Gasteiger charge is -2.14. The molecule has 60 valence electrons. The van der Waals surface area contributed by atoms with Crippen molar-refractivity contribution in [2.75, 3.05) is 0 Å². The van der Waals surface area contributed by atoms with E-state index in [4.69, 9.17) is 4.43 Å². The Morgan fingerprint density at radius 1 is 1.30 bits per heavy atom. The highest BCUT2D eigenvalue weighted by Crippen LogP contribution is 2.01. The van der Waals surface area contributed by atoms with Crippen LogP contribution in [0.15, 0.2) is 13.2 Å². The van der Waals surface area contributed by atoms with Crippen LogP contribution in [0.2, 0.25) is 19.6 Å².